The van der Waals surface area contributed by atoms with Gasteiger partial charge in [0.25, 0.3) is 0 Å². The summed E-state index contributed by atoms with van der Waals surface area (Å²) in [5, 5.41) is 10.9. The maximum Gasteiger partial charge on any atom is 0.407 e. The zero-order chi connectivity index (χ0) is 44.0. The van der Waals surface area contributed by atoms with E-state index in [-0.39, 0.29) is 99.9 Å². The van der Waals surface area contributed by atoms with Crippen LogP contribution < -0.4 is 21.3 Å². The van der Waals surface area contributed by atoms with Crippen molar-refractivity contribution in [1.82, 2.24) is 21.3 Å². The van der Waals surface area contributed by atoms with Crippen LogP contribution >= 0.6 is 0 Å². The van der Waals surface area contributed by atoms with Crippen molar-refractivity contribution in [2.24, 2.45) is 22.7 Å². The third kappa shape index (κ3) is 31.5. The Morgan fingerprint density at radius 2 is 0.741 bits per heavy atom. The van der Waals surface area contributed by atoms with Crippen LogP contribution in [-0.4, -0.2) is 129 Å². The van der Waals surface area contributed by atoms with E-state index in [0.29, 0.717) is 39.0 Å². The molecule has 0 saturated carbocycles. The van der Waals surface area contributed by atoms with Crippen LogP contribution in [0.5, 0.6) is 0 Å². The van der Waals surface area contributed by atoms with Gasteiger partial charge in [0.05, 0.1) is 26.4 Å². The molecule has 0 bridgehead atoms. The highest BCUT2D eigenvalue weighted by molar-refractivity contribution is 5.87. The Hall–Kier alpha value is -4.58. The van der Waals surface area contributed by atoms with E-state index < -0.39 is 36.3 Å². The molecule has 0 radical (unpaired) electrons. The van der Waals surface area contributed by atoms with E-state index in [1.165, 1.54) is 13.8 Å². The molecule has 0 aromatic rings. The van der Waals surface area contributed by atoms with E-state index in [2.05, 4.69) is 48.3 Å². The monoisotopic (exact) mass is 830 g/mol. The number of rotatable bonds is 31. The van der Waals surface area contributed by atoms with E-state index in [0.717, 1.165) is 12.8 Å². The fourth-order valence-corrected chi connectivity index (χ4v) is 5.40. The number of carbonyl (C=O) groups is 6. The highest BCUT2D eigenvalue weighted by Crippen LogP contribution is 2.27. The van der Waals surface area contributed by atoms with Gasteiger partial charge in [0.2, 0.25) is 0 Å². The molecule has 2 unspecified atom stereocenters. The lowest BCUT2D eigenvalue weighted by Crippen LogP contribution is -2.36. The Kier molecular flexibility index (Phi) is 28.1. The van der Waals surface area contributed by atoms with Gasteiger partial charge in [-0.15, -0.1) is 0 Å². The summed E-state index contributed by atoms with van der Waals surface area (Å²) in [6, 6.07) is 0. The first kappa shape index (κ1) is 53.4. The molecule has 0 fully saturated rings. The average Bonchev–Trinajstić information content (AvgIpc) is 3.13. The lowest BCUT2D eigenvalue weighted by Gasteiger charge is -2.28. The highest BCUT2D eigenvalue weighted by Gasteiger charge is 2.24. The van der Waals surface area contributed by atoms with Gasteiger partial charge in [-0.05, 0) is 62.2 Å². The number of nitrogens with one attached hydrogen (secondary N) is 4. The third-order valence-electron chi connectivity index (χ3n) is 8.13. The molecule has 334 valence electrons. The number of amides is 4. The Morgan fingerprint density at radius 1 is 0.466 bits per heavy atom. The molecule has 58 heavy (non-hydrogen) atoms. The smallest absolute Gasteiger partial charge is 0.407 e. The van der Waals surface area contributed by atoms with Crippen LogP contribution in [-0.2, 0) is 47.5 Å². The standard InChI is InChI=1S/C40H70N4O14/c1-29(2)33(45)53-21-23-57-35(47)41-13-11-31(5)25-39(7,8)27-43-37(49)55-19-17-51-15-16-52-18-20-56-38(50)44-28-40(9,10)26-32(6)12-14-42-36(48)58-24-22-54-34(46)30(3)4/h31-32H,1,3,11-28H2,2,4-10H3,(H,41,47)(H,42,48)(H,43,49)(H,44,50). The van der Waals surface area contributed by atoms with Crippen molar-refractivity contribution in [2.75, 3.05) is 92.2 Å². The largest absolute Gasteiger partial charge is 0.459 e. The molecule has 0 spiro atoms. The second-order valence-electron chi connectivity index (χ2n) is 15.7. The minimum atomic E-state index is -0.587. The van der Waals surface area contributed by atoms with Gasteiger partial charge in [0, 0.05) is 37.3 Å². The molecule has 4 amide bonds. The van der Waals surface area contributed by atoms with Crippen LogP contribution in [0.3, 0.4) is 0 Å². The highest BCUT2D eigenvalue weighted by atomic mass is 16.6. The maximum absolute atomic E-state index is 12.1. The summed E-state index contributed by atoms with van der Waals surface area (Å²) in [6.07, 6.45) is 0.748. The molecular weight excluding hydrogens is 760 g/mol. The molecule has 0 aromatic carbocycles. The Labute approximate surface area is 344 Å². The van der Waals surface area contributed by atoms with Gasteiger partial charge in [-0.3, -0.25) is 0 Å². The maximum atomic E-state index is 12.1. The molecule has 4 N–H and O–H groups in total. The van der Waals surface area contributed by atoms with Crippen molar-refractivity contribution >= 4 is 36.3 Å². The number of alkyl carbamates (subject to hydrolysis) is 4. The summed E-state index contributed by atoms with van der Waals surface area (Å²) < 4.78 is 40.9. The van der Waals surface area contributed by atoms with Crippen molar-refractivity contribution < 1.29 is 66.7 Å². The van der Waals surface area contributed by atoms with Crippen LogP contribution in [0.2, 0.25) is 0 Å². The summed E-state index contributed by atoms with van der Waals surface area (Å²) in [6.45, 7) is 24.8. The Morgan fingerprint density at radius 3 is 1.07 bits per heavy atom. The first-order valence-electron chi connectivity index (χ1n) is 19.7. The summed E-state index contributed by atoms with van der Waals surface area (Å²) >= 11 is 0. The molecule has 0 heterocycles. The van der Waals surface area contributed by atoms with Crippen molar-refractivity contribution in [3.63, 3.8) is 0 Å². The molecule has 0 aliphatic carbocycles. The predicted molar refractivity (Wildman–Crippen MR) is 215 cm³/mol. The number of hydrogen-bond donors (Lipinski definition) is 4. The molecule has 18 heteroatoms. The first-order valence-corrected chi connectivity index (χ1v) is 19.7. The summed E-state index contributed by atoms with van der Waals surface area (Å²) in [5.41, 5.74) is 0.118. The molecule has 0 rings (SSSR count). The number of carbonyl (C=O) groups excluding carboxylic acids is 6. The van der Waals surface area contributed by atoms with Gasteiger partial charge in [-0.2, -0.15) is 0 Å². The van der Waals surface area contributed by atoms with Crippen molar-refractivity contribution in [2.45, 2.75) is 81.1 Å². The van der Waals surface area contributed by atoms with Crippen LogP contribution in [0.4, 0.5) is 19.2 Å². The van der Waals surface area contributed by atoms with Gasteiger partial charge < -0.3 is 59.2 Å². The second-order valence-corrected chi connectivity index (χ2v) is 15.7. The van der Waals surface area contributed by atoms with Crippen LogP contribution in [0.25, 0.3) is 0 Å². The van der Waals surface area contributed by atoms with Gasteiger partial charge in [-0.25, -0.2) is 28.8 Å². The molecular formula is C40H70N4O14. The Balaban J connectivity index is 3.87. The molecule has 0 aliphatic heterocycles. The van der Waals surface area contributed by atoms with Crippen LogP contribution in [0, 0.1) is 22.7 Å². The number of ether oxygens (including phenoxy) is 8. The molecule has 0 saturated heterocycles. The predicted octanol–water partition coefficient (Wildman–Crippen LogP) is 5.05. The lowest BCUT2D eigenvalue weighted by molar-refractivity contribution is -0.140. The second kappa shape index (κ2) is 30.5. The van der Waals surface area contributed by atoms with Crippen LogP contribution in [0.1, 0.15) is 81.1 Å². The van der Waals surface area contributed by atoms with Gasteiger partial charge in [-0.1, -0.05) is 54.7 Å². The van der Waals surface area contributed by atoms with E-state index in [4.69, 9.17) is 37.9 Å². The van der Waals surface area contributed by atoms with Crippen molar-refractivity contribution in [3.05, 3.63) is 24.3 Å². The van der Waals surface area contributed by atoms with E-state index in [9.17, 15) is 28.8 Å². The SMILES string of the molecule is C=C(C)C(=O)OCCOC(=O)NCCC(C)CC(C)(C)CNC(=O)OCCOCCOCCOC(=O)NCC(C)(C)CC(C)CCNC(=O)OCCOC(=O)C(=C)C. The molecule has 0 aromatic heterocycles. The quantitative estimate of drug-likeness (QED) is 0.0311. The minimum absolute atomic E-state index is 0.0427. The van der Waals surface area contributed by atoms with Crippen molar-refractivity contribution in [3.8, 4) is 0 Å². The molecule has 18 nitrogen and oxygen atoms in total. The first-order chi connectivity index (χ1) is 27.2. The topological polar surface area (TPSA) is 224 Å². The Bertz CT molecular complexity index is 1190. The van der Waals surface area contributed by atoms with Crippen molar-refractivity contribution in [1.29, 1.82) is 0 Å². The summed E-state index contributed by atoms with van der Waals surface area (Å²) in [5.74, 6) is -0.559. The third-order valence-corrected chi connectivity index (χ3v) is 8.13. The van der Waals surface area contributed by atoms with Gasteiger partial charge >= 0.3 is 36.3 Å². The van der Waals surface area contributed by atoms with Crippen LogP contribution in [0.15, 0.2) is 24.3 Å². The summed E-state index contributed by atoms with van der Waals surface area (Å²) in [4.78, 5) is 70.5. The van der Waals surface area contributed by atoms with E-state index in [1.54, 1.807) is 0 Å². The number of esters is 2. The zero-order valence-corrected chi connectivity index (χ0v) is 36.0. The van der Waals surface area contributed by atoms with E-state index >= 15 is 0 Å². The van der Waals surface area contributed by atoms with E-state index in [1.807, 2.05) is 27.7 Å². The normalized spacial score (nSPS) is 12.2. The van der Waals surface area contributed by atoms with Gasteiger partial charge in [0.15, 0.2) is 0 Å². The fourth-order valence-electron chi connectivity index (χ4n) is 5.40. The van der Waals surface area contributed by atoms with Gasteiger partial charge in [0.1, 0.15) is 39.6 Å². The summed E-state index contributed by atoms with van der Waals surface area (Å²) in [7, 11) is 0. The minimum Gasteiger partial charge on any atom is -0.459 e. The number of hydrogen-bond acceptors (Lipinski definition) is 14. The average molecular weight is 831 g/mol. The zero-order valence-electron chi connectivity index (χ0n) is 36.0. The molecule has 2 atom stereocenters. The molecule has 0 aliphatic rings. The lowest BCUT2D eigenvalue weighted by atomic mass is 9.82. The fraction of sp³-hybridized carbons (Fsp3) is 0.750.